The summed E-state index contributed by atoms with van der Waals surface area (Å²) in [6.45, 7) is 1.53. The molecular weight excluding hydrogens is 384 g/mol. The molecule has 4 rings (SSSR count). The van der Waals surface area contributed by atoms with Crippen LogP contribution in [-0.2, 0) is 19.4 Å². The highest BCUT2D eigenvalue weighted by atomic mass is 16.5. The van der Waals surface area contributed by atoms with Gasteiger partial charge in [-0.2, -0.15) is 9.97 Å². The van der Waals surface area contributed by atoms with Gasteiger partial charge in [-0.05, 0) is 55.9 Å². The zero-order valence-electron chi connectivity index (χ0n) is 17.3. The fourth-order valence-electron chi connectivity index (χ4n) is 4.15. The lowest BCUT2D eigenvalue weighted by Crippen LogP contribution is -2.12. The van der Waals surface area contributed by atoms with Gasteiger partial charge in [-0.25, -0.2) is 4.79 Å². The van der Waals surface area contributed by atoms with Crippen LogP contribution in [0.5, 0.6) is 11.8 Å². The summed E-state index contributed by atoms with van der Waals surface area (Å²) >= 11 is 0. The third-order valence-electron chi connectivity index (χ3n) is 5.56. The van der Waals surface area contributed by atoms with E-state index in [0.717, 1.165) is 43.1 Å². The molecule has 0 spiro atoms. The molecule has 30 heavy (non-hydrogen) atoms. The van der Waals surface area contributed by atoms with Gasteiger partial charge < -0.3 is 24.5 Å². The van der Waals surface area contributed by atoms with Crippen molar-refractivity contribution in [2.24, 2.45) is 0 Å². The molecule has 1 aliphatic rings. The second-order valence-corrected chi connectivity index (χ2v) is 7.38. The summed E-state index contributed by atoms with van der Waals surface area (Å²) in [4.78, 5) is 20.0. The summed E-state index contributed by atoms with van der Waals surface area (Å²) in [5, 5.41) is 13.7. The summed E-state index contributed by atoms with van der Waals surface area (Å²) in [5.41, 5.74) is 4.12. The average Bonchev–Trinajstić information content (AvgIpc) is 3.09. The minimum absolute atomic E-state index is 0.346. The first-order valence-electron chi connectivity index (χ1n) is 10.2. The number of carboxylic acids is 1. The van der Waals surface area contributed by atoms with Gasteiger partial charge in [0.1, 0.15) is 0 Å². The number of nitrogens with zero attached hydrogens (tertiary/aromatic N) is 3. The molecule has 8 nitrogen and oxygen atoms in total. The molecule has 2 heterocycles. The van der Waals surface area contributed by atoms with Gasteiger partial charge in [-0.15, -0.1) is 0 Å². The highest BCUT2D eigenvalue weighted by Gasteiger charge is 2.20. The number of carbonyl (C=O) groups is 1. The summed E-state index contributed by atoms with van der Waals surface area (Å²) < 4.78 is 12.7. The Balaban J connectivity index is 1.51. The maximum Gasteiger partial charge on any atom is 0.335 e. The molecule has 1 aromatic carbocycles. The fraction of sp³-hybridized carbons (Fsp3) is 0.409. The Bertz CT molecular complexity index is 1050. The van der Waals surface area contributed by atoms with Gasteiger partial charge in [0, 0.05) is 29.7 Å². The Labute approximate surface area is 174 Å². The van der Waals surface area contributed by atoms with Crippen LogP contribution in [0.2, 0.25) is 0 Å². The van der Waals surface area contributed by atoms with Crippen molar-refractivity contribution < 1.29 is 19.4 Å². The lowest BCUT2D eigenvalue weighted by atomic mass is 9.95. The number of ether oxygens (including phenoxy) is 2. The van der Waals surface area contributed by atoms with E-state index in [0.29, 0.717) is 29.8 Å². The van der Waals surface area contributed by atoms with Gasteiger partial charge in [0.05, 0.1) is 25.8 Å². The van der Waals surface area contributed by atoms with Crippen LogP contribution in [0.1, 0.15) is 40.9 Å². The molecule has 0 amide bonds. The van der Waals surface area contributed by atoms with Crippen molar-refractivity contribution in [3.8, 4) is 11.8 Å². The molecule has 0 saturated heterocycles. The first-order valence-corrected chi connectivity index (χ1v) is 10.2. The van der Waals surface area contributed by atoms with E-state index in [1.165, 1.54) is 17.7 Å². The first kappa shape index (κ1) is 20.0. The number of benzene rings is 1. The summed E-state index contributed by atoms with van der Waals surface area (Å²) in [5.74, 6) is 0.483. The third kappa shape index (κ3) is 3.90. The largest absolute Gasteiger partial charge is 0.481 e. The predicted octanol–water partition coefficient (Wildman–Crippen LogP) is 3.53. The number of aromatic carboxylic acids is 1. The van der Waals surface area contributed by atoms with E-state index >= 15 is 0 Å². The number of carboxylic acid groups (broad SMARTS) is 1. The molecule has 158 valence electrons. The predicted molar refractivity (Wildman–Crippen MR) is 114 cm³/mol. The van der Waals surface area contributed by atoms with Crippen LogP contribution in [0, 0.1) is 0 Å². The number of hydrogen-bond acceptors (Lipinski definition) is 6. The van der Waals surface area contributed by atoms with Crippen molar-refractivity contribution in [2.75, 3.05) is 26.1 Å². The number of fused-ring (bicyclic) bond motifs is 3. The highest BCUT2D eigenvalue weighted by Crippen LogP contribution is 2.33. The number of nitrogens with one attached hydrogen (secondary N) is 1. The second-order valence-electron chi connectivity index (χ2n) is 7.38. The summed E-state index contributed by atoms with van der Waals surface area (Å²) in [6.07, 6.45) is 5.25. The summed E-state index contributed by atoms with van der Waals surface area (Å²) in [7, 11) is 3.11. The molecule has 0 radical (unpaired) electrons. The summed E-state index contributed by atoms with van der Waals surface area (Å²) in [6, 6.07) is 7.10. The maximum absolute atomic E-state index is 11.4. The maximum atomic E-state index is 11.4. The van der Waals surface area contributed by atoms with Crippen LogP contribution in [-0.4, -0.2) is 46.4 Å². The van der Waals surface area contributed by atoms with Crippen molar-refractivity contribution in [2.45, 2.75) is 38.6 Å². The van der Waals surface area contributed by atoms with Crippen LogP contribution in [0.4, 0.5) is 5.95 Å². The topological polar surface area (TPSA) is 98.5 Å². The van der Waals surface area contributed by atoms with Gasteiger partial charge in [0.25, 0.3) is 0 Å². The van der Waals surface area contributed by atoms with E-state index < -0.39 is 5.97 Å². The lowest BCUT2D eigenvalue weighted by Gasteiger charge is -2.16. The van der Waals surface area contributed by atoms with Crippen LogP contribution in [0.15, 0.2) is 24.3 Å². The Hall–Kier alpha value is -3.29. The van der Waals surface area contributed by atoms with Crippen LogP contribution >= 0.6 is 0 Å². The average molecular weight is 410 g/mol. The monoisotopic (exact) mass is 410 g/mol. The number of anilines is 1. The molecule has 0 unspecified atom stereocenters. The van der Waals surface area contributed by atoms with Gasteiger partial charge in [-0.3, -0.25) is 0 Å². The van der Waals surface area contributed by atoms with Gasteiger partial charge >= 0.3 is 5.97 Å². The van der Waals surface area contributed by atoms with E-state index in [4.69, 9.17) is 9.47 Å². The zero-order chi connectivity index (χ0) is 21.1. The Morgan fingerprint density at radius 2 is 1.87 bits per heavy atom. The molecule has 1 aliphatic carbocycles. The molecule has 3 aromatic rings. The number of aromatic nitrogens is 3. The number of methoxy groups -OCH3 is 2. The molecule has 0 atom stereocenters. The number of rotatable bonds is 8. The molecule has 0 saturated carbocycles. The smallest absolute Gasteiger partial charge is 0.335 e. The normalized spacial score (nSPS) is 13.1. The van der Waals surface area contributed by atoms with Gasteiger partial charge in [-0.1, -0.05) is 0 Å². The van der Waals surface area contributed by atoms with E-state index in [1.807, 2.05) is 12.1 Å². The molecular formula is C22H26N4O4. The van der Waals surface area contributed by atoms with Crippen molar-refractivity contribution in [3.05, 3.63) is 41.1 Å². The minimum atomic E-state index is -0.882. The van der Waals surface area contributed by atoms with Crippen molar-refractivity contribution in [1.29, 1.82) is 0 Å². The van der Waals surface area contributed by atoms with Crippen molar-refractivity contribution in [1.82, 2.24) is 14.5 Å². The minimum Gasteiger partial charge on any atom is -0.481 e. The van der Waals surface area contributed by atoms with Crippen LogP contribution < -0.4 is 14.8 Å². The molecule has 8 heteroatoms. The molecule has 0 fully saturated rings. The number of aryl methyl sites for hydroxylation is 2. The number of hydrogen-bond donors (Lipinski definition) is 2. The van der Waals surface area contributed by atoms with E-state index in [9.17, 15) is 9.90 Å². The van der Waals surface area contributed by atoms with Gasteiger partial charge in [0.2, 0.25) is 17.7 Å². The van der Waals surface area contributed by atoms with E-state index in [-0.39, 0.29) is 0 Å². The first-order chi connectivity index (χ1) is 14.6. The van der Waals surface area contributed by atoms with E-state index in [2.05, 4.69) is 19.9 Å². The highest BCUT2D eigenvalue weighted by molar-refractivity contribution is 5.95. The van der Waals surface area contributed by atoms with Crippen molar-refractivity contribution >= 4 is 22.8 Å². The van der Waals surface area contributed by atoms with Crippen LogP contribution in [0.3, 0.4) is 0 Å². The molecule has 0 aliphatic heterocycles. The standard InChI is InChI=1S/C22H26N4O4/c1-29-19-13-20(30-2)25-22(24-19)23-10-5-11-26-17-7-4-3-6-15(17)16-12-14(21(27)28)8-9-18(16)26/h8-9,12-13H,3-7,10-11H2,1-2H3,(H,27,28)(H,23,24,25). The zero-order valence-corrected chi connectivity index (χ0v) is 17.3. The van der Waals surface area contributed by atoms with Crippen LogP contribution in [0.25, 0.3) is 10.9 Å². The Morgan fingerprint density at radius 3 is 2.57 bits per heavy atom. The third-order valence-corrected chi connectivity index (χ3v) is 5.56. The lowest BCUT2D eigenvalue weighted by molar-refractivity contribution is 0.0697. The van der Waals surface area contributed by atoms with Crippen molar-refractivity contribution in [3.63, 3.8) is 0 Å². The molecule has 2 N–H and O–H groups in total. The SMILES string of the molecule is COc1cc(OC)nc(NCCCn2c3c(c4cc(C(=O)O)ccc42)CCCC3)n1. The molecule has 2 aromatic heterocycles. The molecule has 0 bridgehead atoms. The van der Waals surface area contributed by atoms with Gasteiger partial charge in [0.15, 0.2) is 0 Å². The quantitative estimate of drug-likeness (QED) is 0.548. The second kappa shape index (κ2) is 8.61. The fourth-order valence-corrected chi connectivity index (χ4v) is 4.15. The Kier molecular flexibility index (Phi) is 5.74. The van der Waals surface area contributed by atoms with E-state index in [1.54, 1.807) is 26.4 Å². The Morgan fingerprint density at radius 1 is 1.13 bits per heavy atom.